The van der Waals surface area contributed by atoms with E-state index in [1.54, 1.807) is 24.3 Å². The Morgan fingerprint density at radius 1 is 1.09 bits per heavy atom. The first kappa shape index (κ1) is 16.2. The first-order chi connectivity index (χ1) is 10.5. The monoisotopic (exact) mass is 320 g/mol. The Morgan fingerprint density at radius 3 is 2.23 bits per heavy atom. The van der Waals surface area contributed by atoms with Gasteiger partial charge in [-0.1, -0.05) is 23.7 Å². The summed E-state index contributed by atoms with van der Waals surface area (Å²) in [6.45, 7) is 0. The van der Waals surface area contributed by atoms with Crippen molar-refractivity contribution in [2.24, 2.45) is 0 Å². The Hall–Kier alpha value is -2.20. The number of ether oxygens (including phenoxy) is 1. The molecule has 0 saturated carbocycles. The molecule has 1 atom stereocenters. The molecular formula is C17H14ClFO3. The molecule has 22 heavy (non-hydrogen) atoms. The summed E-state index contributed by atoms with van der Waals surface area (Å²) in [6, 6.07) is 11.9. The van der Waals surface area contributed by atoms with E-state index in [-0.39, 0.29) is 12.2 Å². The molecule has 114 valence electrons. The zero-order valence-electron chi connectivity index (χ0n) is 11.9. The highest BCUT2D eigenvalue weighted by Crippen LogP contribution is 2.24. The van der Waals surface area contributed by atoms with Crippen LogP contribution >= 0.6 is 11.6 Å². The smallest absolute Gasteiger partial charge is 0.313 e. The highest BCUT2D eigenvalue weighted by molar-refractivity contribution is 6.30. The van der Waals surface area contributed by atoms with E-state index in [0.717, 1.165) is 0 Å². The number of Topliss-reactive ketones (excluding diaryl/α,β-unsaturated/α-hetero) is 1. The number of carbonyl (C=O) groups is 2. The lowest BCUT2D eigenvalue weighted by molar-refractivity contribution is -0.142. The minimum atomic E-state index is -0.770. The number of halogens is 2. The van der Waals surface area contributed by atoms with Gasteiger partial charge >= 0.3 is 5.97 Å². The second-order valence-electron chi connectivity index (χ2n) is 4.76. The minimum absolute atomic E-state index is 0.0556. The third-order valence-corrected chi connectivity index (χ3v) is 3.57. The molecular weight excluding hydrogens is 307 g/mol. The lowest BCUT2D eigenvalue weighted by Crippen LogP contribution is -2.18. The molecule has 0 amide bonds. The zero-order valence-corrected chi connectivity index (χ0v) is 12.6. The first-order valence-electron chi connectivity index (χ1n) is 6.63. The summed E-state index contributed by atoms with van der Waals surface area (Å²) in [5.41, 5.74) is 0.996. The summed E-state index contributed by atoms with van der Waals surface area (Å²) in [7, 11) is 1.26. The summed E-state index contributed by atoms with van der Waals surface area (Å²) >= 11 is 5.78. The number of benzene rings is 2. The van der Waals surface area contributed by atoms with Crippen molar-refractivity contribution in [1.29, 1.82) is 0 Å². The van der Waals surface area contributed by atoms with E-state index < -0.39 is 17.7 Å². The van der Waals surface area contributed by atoms with Crippen LogP contribution in [0.1, 0.15) is 28.3 Å². The molecule has 0 bridgehead atoms. The largest absolute Gasteiger partial charge is 0.469 e. The maximum atomic E-state index is 13.0. The Kier molecular flexibility index (Phi) is 5.28. The summed E-state index contributed by atoms with van der Waals surface area (Å²) < 4.78 is 17.7. The van der Waals surface area contributed by atoms with E-state index in [1.807, 2.05) is 0 Å². The van der Waals surface area contributed by atoms with Gasteiger partial charge in [-0.2, -0.15) is 0 Å². The Morgan fingerprint density at radius 2 is 1.68 bits per heavy atom. The molecule has 0 unspecified atom stereocenters. The lowest BCUT2D eigenvalue weighted by Gasteiger charge is -2.14. The lowest BCUT2D eigenvalue weighted by atomic mass is 9.91. The number of methoxy groups -OCH3 is 1. The van der Waals surface area contributed by atoms with Crippen LogP contribution in [-0.4, -0.2) is 18.9 Å². The normalized spacial score (nSPS) is 11.8. The maximum Gasteiger partial charge on any atom is 0.313 e. The Balaban J connectivity index is 2.23. The van der Waals surface area contributed by atoms with E-state index >= 15 is 0 Å². The third kappa shape index (κ3) is 3.92. The Bertz CT molecular complexity index is 665. The second-order valence-corrected chi connectivity index (χ2v) is 5.20. The van der Waals surface area contributed by atoms with Crippen LogP contribution in [0.25, 0.3) is 0 Å². The molecule has 0 N–H and O–H groups in total. The average Bonchev–Trinajstić information content (AvgIpc) is 2.53. The third-order valence-electron chi connectivity index (χ3n) is 3.31. The molecule has 0 aliphatic heterocycles. The number of carbonyl (C=O) groups excluding carboxylic acids is 2. The molecule has 0 radical (unpaired) electrons. The molecule has 0 spiro atoms. The van der Waals surface area contributed by atoms with E-state index in [9.17, 15) is 14.0 Å². The molecule has 5 heteroatoms. The molecule has 0 saturated heterocycles. The van der Waals surface area contributed by atoms with Crippen molar-refractivity contribution in [3.8, 4) is 0 Å². The highest BCUT2D eigenvalue weighted by atomic mass is 35.5. The van der Waals surface area contributed by atoms with Crippen molar-refractivity contribution in [3.05, 3.63) is 70.5 Å². The van der Waals surface area contributed by atoms with Gasteiger partial charge in [-0.25, -0.2) is 4.39 Å². The van der Waals surface area contributed by atoms with E-state index in [0.29, 0.717) is 16.1 Å². The van der Waals surface area contributed by atoms with E-state index in [1.165, 1.54) is 31.4 Å². The molecule has 0 aliphatic rings. The van der Waals surface area contributed by atoms with Crippen molar-refractivity contribution in [3.63, 3.8) is 0 Å². The summed E-state index contributed by atoms with van der Waals surface area (Å²) in [5.74, 6) is -1.92. The van der Waals surface area contributed by atoms with Crippen LogP contribution in [0.15, 0.2) is 48.5 Å². The molecule has 3 nitrogen and oxygen atoms in total. The number of rotatable bonds is 5. The van der Waals surface area contributed by atoms with Crippen LogP contribution in [0.4, 0.5) is 4.39 Å². The van der Waals surface area contributed by atoms with Crippen LogP contribution in [0.5, 0.6) is 0 Å². The number of esters is 1. The van der Waals surface area contributed by atoms with Gasteiger partial charge in [0.15, 0.2) is 5.78 Å². The molecule has 0 fully saturated rings. The number of hydrogen-bond donors (Lipinski definition) is 0. The van der Waals surface area contributed by atoms with Gasteiger partial charge in [0.05, 0.1) is 13.0 Å². The van der Waals surface area contributed by atoms with Gasteiger partial charge < -0.3 is 4.74 Å². The average molecular weight is 321 g/mol. The van der Waals surface area contributed by atoms with Crippen LogP contribution < -0.4 is 0 Å². The van der Waals surface area contributed by atoms with Gasteiger partial charge in [0, 0.05) is 17.0 Å². The van der Waals surface area contributed by atoms with Gasteiger partial charge in [-0.15, -0.1) is 0 Å². The quantitative estimate of drug-likeness (QED) is 0.617. The zero-order chi connectivity index (χ0) is 16.1. The summed E-state index contributed by atoms with van der Waals surface area (Å²) in [5, 5.41) is 0.527. The van der Waals surface area contributed by atoms with Crippen molar-refractivity contribution in [2.75, 3.05) is 7.11 Å². The molecule has 0 aliphatic carbocycles. The number of ketones is 1. The predicted molar refractivity (Wildman–Crippen MR) is 81.6 cm³/mol. The van der Waals surface area contributed by atoms with Crippen molar-refractivity contribution >= 4 is 23.4 Å². The molecule has 0 heterocycles. The van der Waals surface area contributed by atoms with Gasteiger partial charge in [-0.3, -0.25) is 9.59 Å². The first-order valence-corrected chi connectivity index (χ1v) is 7.01. The Labute approximate surface area is 132 Å². The number of hydrogen-bond acceptors (Lipinski definition) is 3. The van der Waals surface area contributed by atoms with Crippen molar-refractivity contribution in [1.82, 2.24) is 0 Å². The highest BCUT2D eigenvalue weighted by Gasteiger charge is 2.25. The molecule has 2 aromatic rings. The van der Waals surface area contributed by atoms with Crippen molar-refractivity contribution in [2.45, 2.75) is 12.3 Å². The van der Waals surface area contributed by atoms with Gasteiger partial charge in [-0.05, 0) is 42.0 Å². The van der Waals surface area contributed by atoms with Gasteiger partial charge in [0.1, 0.15) is 5.82 Å². The second kappa shape index (κ2) is 7.18. The fraction of sp³-hybridized carbons (Fsp3) is 0.176. The van der Waals surface area contributed by atoms with Crippen molar-refractivity contribution < 1.29 is 18.7 Å². The minimum Gasteiger partial charge on any atom is -0.469 e. The van der Waals surface area contributed by atoms with Crippen LogP contribution in [0, 0.1) is 5.82 Å². The van der Waals surface area contributed by atoms with Gasteiger partial charge in [0.2, 0.25) is 0 Å². The fourth-order valence-corrected chi connectivity index (χ4v) is 2.24. The van der Waals surface area contributed by atoms with Crippen LogP contribution in [0.3, 0.4) is 0 Å². The van der Waals surface area contributed by atoms with Crippen LogP contribution in [-0.2, 0) is 9.53 Å². The molecule has 2 rings (SSSR count). The van der Waals surface area contributed by atoms with Gasteiger partial charge in [0.25, 0.3) is 0 Å². The molecule has 0 aromatic heterocycles. The van der Waals surface area contributed by atoms with Crippen LogP contribution in [0.2, 0.25) is 5.02 Å². The summed E-state index contributed by atoms with van der Waals surface area (Å²) in [6.07, 6.45) is -0.0556. The molecule has 2 aromatic carbocycles. The SMILES string of the molecule is COC(=O)[C@@H](CC(=O)c1ccc(Cl)cc1)c1ccc(F)cc1. The van der Waals surface area contributed by atoms with E-state index in [4.69, 9.17) is 16.3 Å². The van der Waals surface area contributed by atoms with E-state index in [2.05, 4.69) is 0 Å². The topological polar surface area (TPSA) is 43.4 Å². The fourth-order valence-electron chi connectivity index (χ4n) is 2.11. The maximum absolute atomic E-state index is 13.0. The summed E-state index contributed by atoms with van der Waals surface area (Å²) in [4.78, 5) is 24.2. The predicted octanol–water partition coefficient (Wildman–Crippen LogP) is 4.01. The standard InChI is InChI=1S/C17H14ClFO3/c1-22-17(21)15(11-4-8-14(19)9-5-11)10-16(20)12-2-6-13(18)7-3-12/h2-9,15H,10H2,1H3/t15-/m0/s1.